The molecule has 3 aromatic rings. The summed E-state index contributed by atoms with van der Waals surface area (Å²) < 4.78 is 1.78. The van der Waals surface area contributed by atoms with Gasteiger partial charge in [-0.25, -0.2) is 4.98 Å². The summed E-state index contributed by atoms with van der Waals surface area (Å²) in [6, 6.07) is 9.90. The summed E-state index contributed by atoms with van der Waals surface area (Å²) in [6.45, 7) is 2.10. The Bertz CT molecular complexity index is 952. The van der Waals surface area contributed by atoms with Crippen LogP contribution in [0.5, 0.6) is 0 Å². The van der Waals surface area contributed by atoms with Crippen LogP contribution in [0, 0.1) is 0 Å². The SMILES string of the molecule is Cn1cc(-c2ccc(N)c(C(=[NH2+])c3ccnc(N4CCCC4)c3)c2)cn1. The molecule has 132 valence electrons. The molecule has 0 unspecified atom stereocenters. The van der Waals surface area contributed by atoms with Gasteiger partial charge in [0.15, 0.2) is 0 Å². The largest absolute Gasteiger partial charge is 0.398 e. The van der Waals surface area contributed by atoms with Gasteiger partial charge in [0.1, 0.15) is 5.82 Å². The number of hydrogen-bond donors (Lipinski definition) is 2. The van der Waals surface area contributed by atoms with Crippen molar-refractivity contribution >= 4 is 17.2 Å². The summed E-state index contributed by atoms with van der Waals surface area (Å²) in [6.07, 6.45) is 8.06. The second-order valence-corrected chi connectivity index (χ2v) is 6.72. The lowest BCUT2D eigenvalue weighted by atomic mass is 9.97. The molecule has 26 heavy (non-hydrogen) atoms. The van der Waals surface area contributed by atoms with Crippen molar-refractivity contribution in [1.29, 1.82) is 0 Å². The molecule has 6 heteroatoms. The fourth-order valence-corrected chi connectivity index (χ4v) is 3.40. The number of aryl methyl sites for hydroxylation is 1. The van der Waals surface area contributed by atoms with Gasteiger partial charge < -0.3 is 10.6 Å². The van der Waals surface area contributed by atoms with Crippen molar-refractivity contribution in [3.63, 3.8) is 0 Å². The molecule has 0 radical (unpaired) electrons. The lowest BCUT2D eigenvalue weighted by Gasteiger charge is -2.16. The van der Waals surface area contributed by atoms with Crippen molar-refractivity contribution in [1.82, 2.24) is 14.8 Å². The molecule has 1 aliphatic rings. The van der Waals surface area contributed by atoms with E-state index >= 15 is 0 Å². The van der Waals surface area contributed by atoms with Gasteiger partial charge in [0.05, 0.1) is 17.3 Å². The van der Waals surface area contributed by atoms with Crippen LogP contribution in [0.4, 0.5) is 11.5 Å². The molecule has 2 aromatic heterocycles. The molecule has 1 saturated heterocycles. The molecule has 6 nitrogen and oxygen atoms in total. The van der Waals surface area contributed by atoms with E-state index in [1.54, 1.807) is 4.68 Å². The Morgan fingerprint density at radius 2 is 1.92 bits per heavy atom. The zero-order chi connectivity index (χ0) is 18.1. The fourth-order valence-electron chi connectivity index (χ4n) is 3.40. The van der Waals surface area contributed by atoms with Gasteiger partial charge in [-0.2, -0.15) is 5.10 Å². The monoisotopic (exact) mass is 347 g/mol. The third-order valence-electron chi connectivity index (χ3n) is 4.87. The third kappa shape index (κ3) is 3.06. The highest BCUT2D eigenvalue weighted by Gasteiger charge is 2.19. The summed E-state index contributed by atoms with van der Waals surface area (Å²) in [5, 5.41) is 10.7. The Labute approximate surface area is 152 Å². The molecule has 0 bridgehead atoms. The van der Waals surface area contributed by atoms with Gasteiger partial charge in [-0.3, -0.25) is 10.1 Å². The van der Waals surface area contributed by atoms with Crippen LogP contribution >= 0.6 is 0 Å². The second-order valence-electron chi connectivity index (χ2n) is 6.72. The quantitative estimate of drug-likeness (QED) is 0.550. The summed E-state index contributed by atoms with van der Waals surface area (Å²) in [7, 11) is 1.90. The van der Waals surface area contributed by atoms with Crippen molar-refractivity contribution in [3.05, 3.63) is 60.0 Å². The molecule has 3 heterocycles. The van der Waals surface area contributed by atoms with E-state index in [4.69, 9.17) is 11.1 Å². The Hall–Kier alpha value is -3.15. The number of nitrogen functional groups attached to an aromatic ring is 1. The number of nitrogens with two attached hydrogens (primary N) is 2. The predicted octanol–water partition coefficient (Wildman–Crippen LogP) is 1.26. The Morgan fingerprint density at radius 1 is 1.12 bits per heavy atom. The molecule has 4 N–H and O–H groups in total. The molecule has 0 aliphatic carbocycles. The molecule has 1 fully saturated rings. The van der Waals surface area contributed by atoms with Gasteiger partial charge >= 0.3 is 0 Å². The summed E-state index contributed by atoms with van der Waals surface area (Å²) >= 11 is 0. The predicted molar refractivity (Wildman–Crippen MR) is 104 cm³/mol. The van der Waals surface area contributed by atoms with E-state index in [0.717, 1.165) is 41.2 Å². The van der Waals surface area contributed by atoms with Crippen LogP contribution in [-0.2, 0) is 7.05 Å². The number of rotatable bonds is 4. The summed E-state index contributed by atoms with van der Waals surface area (Å²) in [5.41, 5.74) is 11.4. The average molecular weight is 347 g/mol. The average Bonchev–Trinajstić information content (AvgIpc) is 3.33. The van der Waals surface area contributed by atoms with Crippen LogP contribution in [0.2, 0.25) is 0 Å². The van der Waals surface area contributed by atoms with Crippen molar-refractivity contribution in [2.45, 2.75) is 12.8 Å². The number of pyridine rings is 1. The van der Waals surface area contributed by atoms with Crippen LogP contribution in [0.25, 0.3) is 11.1 Å². The van der Waals surface area contributed by atoms with Crippen LogP contribution < -0.4 is 16.0 Å². The maximum absolute atomic E-state index is 6.51. The highest BCUT2D eigenvalue weighted by Crippen LogP contribution is 2.26. The smallest absolute Gasteiger partial charge is 0.213 e. The van der Waals surface area contributed by atoms with E-state index in [1.165, 1.54) is 12.8 Å². The minimum absolute atomic E-state index is 0.662. The second kappa shape index (κ2) is 6.63. The normalized spacial score (nSPS) is 14.0. The zero-order valence-electron chi connectivity index (χ0n) is 14.9. The number of benzene rings is 1. The van der Waals surface area contributed by atoms with E-state index in [0.29, 0.717) is 11.4 Å². The molecule has 4 rings (SSSR count). The topological polar surface area (TPSA) is 85.6 Å². The number of anilines is 2. The molecular weight excluding hydrogens is 324 g/mol. The van der Waals surface area contributed by atoms with E-state index in [2.05, 4.69) is 21.0 Å². The summed E-state index contributed by atoms with van der Waals surface area (Å²) in [5.74, 6) is 0.977. The van der Waals surface area contributed by atoms with Gasteiger partial charge in [-0.1, -0.05) is 6.07 Å². The standard InChI is InChI=1S/C20H22N6/c1-25-13-16(12-24-25)14-4-5-18(21)17(10-14)20(22)15-6-7-23-19(11-15)26-8-2-3-9-26/h4-7,10-13,22H,2-3,8-9,21H2,1H3/p+1. The van der Waals surface area contributed by atoms with Crippen molar-refractivity contribution in [2.75, 3.05) is 23.7 Å². The van der Waals surface area contributed by atoms with Crippen molar-refractivity contribution in [3.8, 4) is 11.1 Å². The first kappa shape index (κ1) is 16.3. The van der Waals surface area contributed by atoms with E-state index in [9.17, 15) is 0 Å². The van der Waals surface area contributed by atoms with E-state index in [-0.39, 0.29) is 0 Å². The molecule has 1 aromatic carbocycles. The van der Waals surface area contributed by atoms with Crippen LogP contribution in [0.15, 0.2) is 48.9 Å². The number of aromatic nitrogens is 3. The van der Waals surface area contributed by atoms with Crippen molar-refractivity contribution in [2.24, 2.45) is 7.05 Å². The molecule has 0 amide bonds. The lowest BCUT2D eigenvalue weighted by Crippen LogP contribution is -2.41. The number of nitrogens with zero attached hydrogens (tertiary/aromatic N) is 4. The Balaban J connectivity index is 1.68. The van der Waals surface area contributed by atoms with Crippen LogP contribution in [-0.4, -0.2) is 33.6 Å². The molecular formula is C20H23N6+. The van der Waals surface area contributed by atoms with E-state index < -0.39 is 0 Å². The van der Waals surface area contributed by atoms with Crippen molar-refractivity contribution < 1.29 is 5.41 Å². The third-order valence-corrected chi connectivity index (χ3v) is 4.87. The molecule has 0 spiro atoms. The highest BCUT2D eigenvalue weighted by molar-refractivity contribution is 6.12. The van der Waals surface area contributed by atoms with Crippen LogP contribution in [0.1, 0.15) is 24.0 Å². The Morgan fingerprint density at radius 3 is 2.65 bits per heavy atom. The van der Waals surface area contributed by atoms with Gasteiger partial charge in [0.25, 0.3) is 0 Å². The minimum Gasteiger partial charge on any atom is -0.398 e. The zero-order valence-corrected chi connectivity index (χ0v) is 14.9. The molecule has 0 saturated carbocycles. The first-order chi connectivity index (χ1) is 12.6. The summed E-state index contributed by atoms with van der Waals surface area (Å²) in [4.78, 5) is 6.80. The molecule has 1 aliphatic heterocycles. The van der Waals surface area contributed by atoms with Gasteiger partial charge in [-0.15, -0.1) is 0 Å². The fraction of sp³-hybridized carbons (Fsp3) is 0.250. The van der Waals surface area contributed by atoms with Crippen LogP contribution in [0.3, 0.4) is 0 Å². The maximum Gasteiger partial charge on any atom is 0.213 e. The maximum atomic E-state index is 6.51. The van der Waals surface area contributed by atoms with E-state index in [1.807, 2.05) is 49.9 Å². The van der Waals surface area contributed by atoms with Gasteiger partial charge in [0.2, 0.25) is 5.71 Å². The van der Waals surface area contributed by atoms with Gasteiger partial charge in [0, 0.05) is 43.8 Å². The lowest BCUT2D eigenvalue weighted by molar-refractivity contribution is -0.111. The minimum atomic E-state index is 0.662. The number of hydrogen-bond acceptors (Lipinski definition) is 4. The first-order valence-electron chi connectivity index (χ1n) is 8.84. The highest BCUT2D eigenvalue weighted by atomic mass is 15.2. The molecule has 0 atom stereocenters. The Kier molecular flexibility index (Phi) is 4.16. The first-order valence-corrected chi connectivity index (χ1v) is 8.84. The van der Waals surface area contributed by atoms with Gasteiger partial charge in [-0.05, 0) is 42.7 Å².